The van der Waals surface area contributed by atoms with Crippen LogP contribution in [-0.4, -0.2) is 0 Å². The first-order valence-corrected chi connectivity index (χ1v) is 15.3. The molecule has 0 saturated carbocycles. The van der Waals surface area contributed by atoms with Gasteiger partial charge < -0.3 is 0 Å². The Labute approximate surface area is 257 Å². The summed E-state index contributed by atoms with van der Waals surface area (Å²) < 4.78 is 0. The van der Waals surface area contributed by atoms with Crippen LogP contribution in [0.25, 0.3) is 88.3 Å². The van der Waals surface area contributed by atoms with Gasteiger partial charge in [-0.25, -0.2) is 0 Å². The number of benzene rings is 8. The topological polar surface area (TPSA) is 0 Å². The molecule has 0 spiro atoms. The molecule has 0 N–H and O–H groups in total. The van der Waals surface area contributed by atoms with Crippen molar-refractivity contribution in [3.8, 4) is 66.8 Å². The summed E-state index contributed by atoms with van der Waals surface area (Å²) in [6, 6.07) is 62.2. The van der Waals surface area contributed by atoms with Crippen molar-refractivity contribution in [2.24, 2.45) is 0 Å². The summed E-state index contributed by atoms with van der Waals surface area (Å²) >= 11 is 0. The number of rotatable bonds is 4. The number of hydrogen-bond acceptors (Lipinski definition) is 0. The molecule has 0 saturated heterocycles. The largest absolute Gasteiger partial charge is 0.0622 e. The minimum atomic E-state index is 1.22. The van der Waals surface area contributed by atoms with E-state index in [0.717, 1.165) is 0 Å². The Balaban J connectivity index is 1.18. The summed E-state index contributed by atoms with van der Waals surface area (Å²) in [5, 5.41) is 5.19. The van der Waals surface area contributed by atoms with Gasteiger partial charge in [-0.05, 0) is 107 Å². The van der Waals surface area contributed by atoms with Gasteiger partial charge in [-0.2, -0.15) is 0 Å². The van der Waals surface area contributed by atoms with Gasteiger partial charge in [0.1, 0.15) is 0 Å². The van der Waals surface area contributed by atoms with Crippen LogP contribution in [0.5, 0.6) is 0 Å². The van der Waals surface area contributed by atoms with E-state index < -0.39 is 0 Å². The lowest BCUT2D eigenvalue weighted by molar-refractivity contribution is 1.57. The van der Waals surface area contributed by atoms with Gasteiger partial charge in [0.25, 0.3) is 0 Å². The van der Waals surface area contributed by atoms with Crippen LogP contribution >= 0.6 is 0 Å². The molecule has 44 heavy (non-hydrogen) atoms. The van der Waals surface area contributed by atoms with Gasteiger partial charge in [-0.3, -0.25) is 0 Å². The molecule has 8 aromatic carbocycles. The molecule has 0 amide bonds. The normalized spacial score (nSPS) is 11.6. The summed E-state index contributed by atoms with van der Waals surface area (Å²) in [4.78, 5) is 0. The van der Waals surface area contributed by atoms with Crippen molar-refractivity contribution in [1.82, 2.24) is 0 Å². The molecule has 0 atom stereocenters. The molecule has 0 unspecified atom stereocenters. The number of hydrogen-bond donors (Lipinski definition) is 0. The molecule has 0 bridgehead atoms. The Bertz CT molecular complexity index is 2350. The zero-order valence-corrected chi connectivity index (χ0v) is 24.2. The van der Waals surface area contributed by atoms with Crippen LogP contribution in [-0.2, 0) is 0 Å². The molecule has 1 aliphatic rings. The molecule has 0 aliphatic heterocycles. The highest BCUT2D eigenvalue weighted by molar-refractivity contribution is 6.18. The summed E-state index contributed by atoms with van der Waals surface area (Å²) in [5.41, 5.74) is 15.2. The van der Waals surface area contributed by atoms with Gasteiger partial charge in [0.05, 0.1) is 0 Å². The monoisotopic (exact) mass is 556 g/mol. The zero-order chi connectivity index (χ0) is 29.0. The Morgan fingerprint density at radius 1 is 0.227 bits per heavy atom. The van der Waals surface area contributed by atoms with Crippen LogP contribution in [0.15, 0.2) is 170 Å². The molecule has 9 rings (SSSR count). The van der Waals surface area contributed by atoms with Crippen LogP contribution in [0, 0.1) is 0 Å². The van der Waals surface area contributed by atoms with Gasteiger partial charge in [0, 0.05) is 0 Å². The molecule has 8 aromatic rings. The molecular weight excluding hydrogens is 528 g/mol. The average Bonchev–Trinajstić information content (AvgIpc) is 3.43. The van der Waals surface area contributed by atoms with Gasteiger partial charge in [0.2, 0.25) is 0 Å². The Morgan fingerprint density at radius 3 is 1.66 bits per heavy atom. The first kappa shape index (κ1) is 24.8. The lowest BCUT2D eigenvalue weighted by atomic mass is 9.89. The van der Waals surface area contributed by atoms with E-state index in [4.69, 9.17) is 0 Å². The summed E-state index contributed by atoms with van der Waals surface area (Å²) in [6.07, 6.45) is 0. The molecule has 0 aromatic heterocycles. The summed E-state index contributed by atoms with van der Waals surface area (Å²) in [6.45, 7) is 0. The van der Waals surface area contributed by atoms with Crippen molar-refractivity contribution in [1.29, 1.82) is 0 Å². The van der Waals surface area contributed by atoms with Crippen LogP contribution in [0.1, 0.15) is 0 Å². The van der Waals surface area contributed by atoms with Crippen LogP contribution in [0.2, 0.25) is 0 Å². The van der Waals surface area contributed by atoms with E-state index >= 15 is 0 Å². The van der Waals surface area contributed by atoms with Crippen molar-refractivity contribution < 1.29 is 0 Å². The minimum absolute atomic E-state index is 1.22. The van der Waals surface area contributed by atoms with E-state index in [1.165, 1.54) is 88.3 Å². The fourth-order valence-corrected chi connectivity index (χ4v) is 7.12. The molecule has 0 heterocycles. The quantitative estimate of drug-likeness (QED) is 0.202. The highest BCUT2D eigenvalue weighted by atomic mass is 14.2. The lowest BCUT2D eigenvalue weighted by Crippen LogP contribution is -1.89. The highest BCUT2D eigenvalue weighted by Gasteiger charge is 2.22. The summed E-state index contributed by atoms with van der Waals surface area (Å²) in [5.74, 6) is 0. The van der Waals surface area contributed by atoms with Crippen molar-refractivity contribution in [3.05, 3.63) is 170 Å². The van der Waals surface area contributed by atoms with Crippen LogP contribution in [0.3, 0.4) is 0 Å². The minimum Gasteiger partial charge on any atom is -0.0622 e. The van der Waals surface area contributed by atoms with E-state index in [-0.39, 0.29) is 0 Å². The smallest absolute Gasteiger partial charge is 0.00201 e. The van der Waals surface area contributed by atoms with Gasteiger partial charge in [-0.15, -0.1) is 0 Å². The fourth-order valence-electron chi connectivity index (χ4n) is 7.12. The Kier molecular flexibility index (Phi) is 5.61. The second-order valence-corrected chi connectivity index (χ2v) is 11.7. The molecule has 0 radical (unpaired) electrons. The van der Waals surface area contributed by atoms with Gasteiger partial charge in [0.15, 0.2) is 0 Å². The van der Waals surface area contributed by atoms with Gasteiger partial charge >= 0.3 is 0 Å². The third-order valence-electron chi connectivity index (χ3n) is 9.22. The maximum Gasteiger partial charge on any atom is -0.00201 e. The SMILES string of the molecule is c1ccc(-c2cc(-c3cccc(-c4ccc5c6c(cccc46)-c4ccccc4-5)c3)ccc2-c2ccc3ccccc3c2)cc1. The van der Waals surface area contributed by atoms with E-state index in [1.807, 2.05) is 0 Å². The fraction of sp³-hybridized carbons (Fsp3) is 0. The van der Waals surface area contributed by atoms with Crippen LogP contribution in [0.4, 0.5) is 0 Å². The maximum absolute atomic E-state index is 2.36. The molecule has 1 aliphatic carbocycles. The first-order valence-electron chi connectivity index (χ1n) is 15.3. The first-order chi connectivity index (χ1) is 21.8. The highest BCUT2D eigenvalue weighted by Crippen LogP contribution is 2.49. The molecule has 0 nitrogen and oxygen atoms in total. The van der Waals surface area contributed by atoms with Crippen molar-refractivity contribution in [3.63, 3.8) is 0 Å². The van der Waals surface area contributed by atoms with E-state index in [9.17, 15) is 0 Å². The molecule has 0 fully saturated rings. The van der Waals surface area contributed by atoms with E-state index in [0.29, 0.717) is 0 Å². The Hall–Kier alpha value is -5.72. The standard InChI is InChI=1S/C44H28/c1-2-11-30(12-3-1)43-28-33(22-23-37(43)35-21-20-29-10-4-5-13-31(29)26-35)32-14-8-15-34(27-32)36-24-25-42-39-17-7-6-16-38(39)41-19-9-18-40(36)44(41)42/h1-28H. The van der Waals surface area contributed by atoms with E-state index in [2.05, 4.69) is 170 Å². The molecule has 0 heteroatoms. The van der Waals surface area contributed by atoms with Crippen molar-refractivity contribution in [2.45, 2.75) is 0 Å². The van der Waals surface area contributed by atoms with Gasteiger partial charge in [-0.1, -0.05) is 152 Å². The van der Waals surface area contributed by atoms with Crippen LogP contribution < -0.4 is 0 Å². The van der Waals surface area contributed by atoms with Crippen molar-refractivity contribution in [2.75, 3.05) is 0 Å². The predicted octanol–water partition coefficient (Wildman–Crippen LogP) is 12.3. The van der Waals surface area contributed by atoms with Crippen molar-refractivity contribution >= 4 is 21.5 Å². The average molecular weight is 557 g/mol. The Morgan fingerprint density at radius 2 is 0.795 bits per heavy atom. The third kappa shape index (κ3) is 3.92. The maximum atomic E-state index is 2.36. The zero-order valence-electron chi connectivity index (χ0n) is 24.2. The second kappa shape index (κ2) is 9.93. The molecular formula is C44H28. The predicted molar refractivity (Wildman–Crippen MR) is 188 cm³/mol. The molecule has 204 valence electrons. The van der Waals surface area contributed by atoms with E-state index in [1.54, 1.807) is 0 Å². The second-order valence-electron chi connectivity index (χ2n) is 11.7. The lowest BCUT2D eigenvalue weighted by Gasteiger charge is -2.15. The third-order valence-corrected chi connectivity index (χ3v) is 9.22. The summed E-state index contributed by atoms with van der Waals surface area (Å²) in [7, 11) is 0. The number of fused-ring (bicyclic) bond motifs is 4.